The Labute approximate surface area is 123 Å². The number of rotatable bonds is 3. The van der Waals surface area contributed by atoms with Gasteiger partial charge < -0.3 is 0 Å². The Morgan fingerprint density at radius 1 is 1.20 bits per heavy atom. The molecule has 0 radical (unpaired) electrons. The third-order valence-corrected chi connectivity index (χ3v) is 4.53. The first-order valence-corrected chi connectivity index (χ1v) is 8.03. The second-order valence-corrected chi connectivity index (χ2v) is 6.71. The van der Waals surface area contributed by atoms with E-state index in [-0.39, 0.29) is 0 Å². The lowest BCUT2D eigenvalue weighted by molar-refractivity contribution is 0.133. The Kier molecular flexibility index (Phi) is 4.08. The van der Waals surface area contributed by atoms with Gasteiger partial charge in [-0.25, -0.2) is 15.0 Å². The van der Waals surface area contributed by atoms with Crippen LogP contribution in [-0.2, 0) is 6.54 Å². The van der Waals surface area contributed by atoms with Gasteiger partial charge in [0.15, 0.2) is 10.8 Å². The van der Waals surface area contributed by atoms with Crippen LogP contribution in [-0.4, -0.2) is 32.9 Å². The van der Waals surface area contributed by atoms with Crippen LogP contribution in [0.3, 0.4) is 0 Å². The minimum atomic E-state index is 0.726. The average Bonchev–Trinajstić information content (AvgIpc) is 2.87. The van der Waals surface area contributed by atoms with Crippen molar-refractivity contribution in [1.82, 2.24) is 19.9 Å². The van der Waals surface area contributed by atoms with Gasteiger partial charge in [0.25, 0.3) is 0 Å². The molecular formula is C15H20N4S. The van der Waals surface area contributed by atoms with E-state index in [0.717, 1.165) is 34.9 Å². The van der Waals surface area contributed by atoms with E-state index in [9.17, 15) is 0 Å². The number of nitrogens with zero attached hydrogens (tertiary/aromatic N) is 4. The highest BCUT2D eigenvalue weighted by Crippen LogP contribution is 2.24. The number of thiazole rings is 1. The molecule has 1 aliphatic heterocycles. The molecule has 1 fully saturated rings. The predicted octanol–water partition coefficient (Wildman–Crippen LogP) is 3.08. The van der Waals surface area contributed by atoms with Crippen LogP contribution in [0.4, 0.5) is 0 Å². The van der Waals surface area contributed by atoms with Gasteiger partial charge in [-0.05, 0) is 24.3 Å². The predicted molar refractivity (Wildman–Crippen MR) is 81.4 cm³/mol. The third-order valence-electron chi connectivity index (χ3n) is 3.64. The van der Waals surface area contributed by atoms with Crippen molar-refractivity contribution in [3.05, 3.63) is 29.5 Å². The summed E-state index contributed by atoms with van der Waals surface area (Å²) >= 11 is 1.63. The molecule has 0 spiro atoms. The lowest BCUT2D eigenvalue weighted by Crippen LogP contribution is -2.38. The van der Waals surface area contributed by atoms with E-state index in [1.165, 1.54) is 19.5 Å². The zero-order chi connectivity index (χ0) is 13.9. The van der Waals surface area contributed by atoms with Gasteiger partial charge in [0, 0.05) is 37.4 Å². The summed E-state index contributed by atoms with van der Waals surface area (Å²) in [4.78, 5) is 15.7. The van der Waals surface area contributed by atoms with Crippen molar-refractivity contribution in [2.45, 2.75) is 26.8 Å². The van der Waals surface area contributed by atoms with Gasteiger partial charge in [0.05, 0.1) is 5.69 Å². The van der Waals surface area contributed by atoms with Gasteiger partial charge in [-0.15, -0.1) is 11.3 Å². The van der Waals surface area contributed by atoms with E-state index < -0.39 is 0 Å². The summed E-state index contributed by atoms with van der Waals surface area (Å²) in [6.07, 6.45) is 4.87. The van der Waals surface area contributed by atoms with E-state index in [4.69, 9.17) is 0 Å². The standard InChI is InChI=1S/C15H20N4S/c1-11-6-12(2)8-19(7-11)9-13-10-20-15(18-13)14-16-4-3-5-17-14/h3-5,10-12H,6-9H2,1-2H3. The first-order valence-electron chi connectivity index (χ1n) is 7.15. The van der Waals surface area contributed by atoms with E-state index in [2.05, 4.69) is 39.1 Å². The fraction of sp³-hybridized carbons (Fsp3) is 0.533. The molecule has 3 heterocycles. The summed E-state index contributed by atoms with van der Waals surface area (Å²) < 4.78 is 0. The van der Waals surface area contributed by atoms with Crippen molar-refractivity contribution in [3.8, 4) is 10.8 Å². The van der Waals surface area contributed by atoms with Crippen molar-refractivity contribution in [2.24, 2.45) is 11.8 Å². The minimum absolute atomic E-state index is 0.726. The third kappa shape index (κ3) is 3.22. The molecule has 0 aliphatic carbocycles. The van der Waals surface area contributed by atoms with Crippen molar-refractivity contribution >= 4 is 11.3 Å². The largest absolute Gasteiger partial charge is 0.297 e. The van der Waals surface area contributed by atoms with Crippen LogP contribution < -0.4 is 0 Å². The van der Waals surface area contributed by atoms with Crippen molar-refractivity contribution in [3.63, 3.8) is 0 Å². The molecule has 0 saturated carbocycles. The summed E-state index contributed by atoms with van der Waals surface area (Å²) in [5, 5.41) is 3.05. The SMILES string of the molecule is CC1CC(C)CN(Cc2csc(-c3ncccn3)n2)C1. The van der Waals surface area contributed by atoms with Crippen LogP contribution in [0.15, 0.2) is 23.8 Å². The molecule has 2 aromatic heterocycles. The molecule has 2 aromatic rings. The number of hydrogen-bond donors (Lipinski definition) is 0. The molecule has 0 amide bonds. The molecule has 0 aromatic carbocycles. The topological polar surface area (TPSA) is 41.9 Å². The van der Waals surface area contributed by atoms with Crippen LogP contribution in [0.5, 0.6) is 0 Å². The maximum atomic E-state index is 4.68. The fourth-order valence-corrected chi connectivity index (χ4v) is 3.80. The molecule has 1 saturated heterocycles. The Bertz CT molecular complexity index is 544. The molecule has 4 nitrogen and oxygen atoms in total. The Balaban J connectivity index is 1.68. The van der Waals surface area contributed by atoms with E-state index in [1.54, 1.807) is 23.7 Å². The minimum Gasteiger partial charge on any atom is -0.297 e. The van der Waals surface area contributed by atoms with Gasteiger partial charge in [0.2, 0.25) is 0 Å². The number of aromatic nitrogens is 3. The van der Waals surface area contributed by atoms with E-state index >= 15 is 0 Å². The molecular weight excluding hydrogens is 268 g/mol. The summed E-state index contributed by atoms with van der Waals surface area (Å²) in [5.41, 5.74) is 1.14. The van der Waals surface area contributed by atoms with Gasteiger partial charge in [-0.2, -0.15) is 0 Å². The molecule has 3 rings (SSSR count). The monoisotopic (exact) mass is 288 g/mol. The zero-order valence-corrected chi connectivity index (χ0v) is 12.8. The molecule has 2 unspecified atom stereocenters. The van der Waals surface area contributed by atoms with Crippen LogP contribution >= 0.6 is 11.3 Å². The summed E-state index contributed by atoms with van der Waals surface area (Å²) in [7, 11) is 0. The summed E-state index contributed by atoms with van der Waals surface area (Å²) in [5.74, 6) is 2.30. The average molecular weight is 288 g/mol. The fourth-order valence-electron chi connectivity index (χ4n) is 3.04. The second-order valence-electron chi connectivity index (χ2n) is 5.86. The molecule has 20 heavy (non-hydrogen) atoms. The maximum absolute atomic E-state index is 4.68. The number of piperidine rings is 1. The smallest absolute Gasteiger partial charge is 0.188 e. The molecule has 1 aliphatic rings. The normalized spacial score (nSPS) is 23.9. The van der Waals surface area contributed by atoms with Crippen LogP contribution in [0.1, 0.15) is 26.0 Å². The van der Waals surface area contributed by atoms with Gasteiger partial charge in [-0.3, -0.25) is 4.90 Å². The highest BCUT2D eigenvalue weighted by atomic mass is 32.1. The Morgan fingerprint density at radius 3 is 2.60 bits per heavy atom. The van der Waals surface area contributed by atoms with Crippen LogP contribution in [0, 0.1) is 11.8 Å². The Morgan fingerprint density at radius 2 is 1.90 bits per heavy atom. The lowest BCUT2D eigenvalue weighted by atomic mass is 9.92. The molecule has 5 heteroatoms. The van der Waals surface area contributed by atoms with Crippen LogP contribution in [0.2, 0.25) is 0 Å². The Hall–Kier alpha value is -1.33. The first-order chi connectivity index (χ1) is 9.70. The number of hydrogen-bond acceptors (Lipinski definition) is 5. The maximum Gasteiger partial charge on any atom is 0.188 e. The highest BCUT2D eigenvalue weighted by Gasteiger charge is 2.22. The van der Waals surface area contributed by atoms with Gasteiger partial charge in [-0.1, -0.05) is 13.8 Å². The molecule has 106 valence electrons. The van der Waals surface area contributed by atoms with E-state index in [0.29, 0.717) is 0 Å². The molecule has 0 N–H and O–H groups in total. The van der Waals surface area contributed by atoms with Crippen molar-refractivity contribution in [1.29, 1.82) is 0 Å². The molecule has 0 bridgehead atoms. The van der Waals surface area contributed by atoms with Gasteiger partial charge >= 0.3 is 0 Å². The summed E-state index contributed by atoms with van der Waals surface area (Å²) in [6, 6.07) is 1.83. The quantitative estimate of drug-likeness (QED) is 0.870. The first kappa shape index (κ1) is 13.6. The number of likely N-dealkylation sites (tertiary alicyclic amines) is 1. The second kappa shape index (κ2) is 5.97. The van der Waals surface area contributed by atoms with Crippen molar-refractivity contribution < 1.29 is 0 Å². The molecule has 2 atom stereocenters. The van der Waals surface area contributed by atoms with Crippen LogP contribution in [0.25, 0.3) is 10.8 Å². The zero-order valence-electron chi connectivity index (χ0n) is 12.0. The van der Waals surface area contributed by atoms with Crippen molar-refractivity contribution in [2.75, 3.05) is 13.1 Å². The highest BCUT2D eigenvalue weighted by molar-refractivity contribution is 7.13. The van der Waals surface area contributed by atoms with E-state index in [1.807, 2.05) is 6.07 Å². The van der Waals surface area contributed by atoms with Gasteiger partial charge in [0.1, 0.15) is 0 Å². The summed E-state index contributed by atoms with van der Waals surface area (Å²) in [6.45, 7) is 7.98. The lowest BCUT2D eigenvalue weighted by Gasteiger charge is -2.34.